The number of rotatable bonds is 5. The van der Waals surface area contributed by atoms with Gasteiger partial charge in [0.1, 0.15) is 8.24 Å². The molecule has 0 aromatic heterocycles. The number of hydrogen-bond acceptors (Lipinski definition) is 3. The van der Waals surface area contributed by atoms with Crippen molar-refractivity contribution in [1.82, 2.24) is 9.47 Å². The molecule has 1 saturated heterocycles. The molecule has 0 N–H and O–H groups in total. The number of piperazine rings is 1. The van der Waals surface area contributed by atoms with Crippen molar-refractivity contribution in [3.8, 4) is 0 Å². The number of nitrogens with zero attached hydrogens (tertiary/aromatic N) is 2. The summed E-state index contributed by atoms with van der Waals surface area (Å²) in [5.74, 6) is 0. The average molecular weight is 289 g/mol. The van der Waals surface area contributed by atoms with Crippen LogP contribution in [0.3, 0.4) is 0 Å². The minimum absolute atomic E-state index is 0.0722. The molecule has 3 nitrogen and oxygen atoms in total. The van der Waals surface area contributed by atoms with E-state index in [1.807, 2.05) is 0 Å². The lowest BCUT2D eigenvalue weighted by Crippen LogP contribution is -2.56. The van der Waals surface area contributed by atoms with Crippen molar-refractivity contribution in [2.24, 2.45) is 0 Å². The van der Waals surface area contributed by atoms with Crippen LogP contribution in [-0.2, 0) is 4.43 Å². The van der Waals surface area contributed by atoms with Crippen LogP contribution in [0.2, 0.25) is 25.7 Å². The van der Waals surface area contributed by atoms with Gasteiger partial charge in [0.15, 0.2) is 9.76 Å². The Morgan fingerprint density at radius 2 is 1.61 bits per heavy atom. The van der Waals surface area contributed by atoms with Gasteiger partial charge in [0.05, 0.1) is 0 Å². The lowest BCUT2D eigenvalue weighted by molar-refractivity contribution is 0.135. The first-order valence-electron chi connectivity index (χ1n) is 7.30. The van der Waals surface area contributed by atoms with Gasteiger partial charge < -0.3 is 13.9 Å². The van der Waals surface area contributed by atoms with E-state index in [1.165, 1.54) is 38.8 Å². The van der Waals surface area contributed by atoms with Crippen molar-refractivity contribution in [3.63, 3.8) is 0 Å². The Morgan fingerprint density at radius 3 is 2.06 bits per heavy atom. The van der Waals surface area contributed by atoms with Gasteiger partial charge in [0.25, 0.3) is 0 Å². The van der Waals surface area contributed by atoms with E-state index in [4.69, 9.17) is 4.43 Å². The monoisotopic (exact) mass is 288 g/mol. The Kier molecular flexibility index (Phi) is 6.05. The quantitative estimate of drug-likeness (QED) is 0.566. The van der Waals surface area contributed by atoms with E-state index in [0.717, 1.165) is 0 Å². The Bertz CT molecular complexity index is 240. The summed E-state index contributed by atoms with van der Waals surface area (Å²) in [5, 5.41) is 0. The van der Waals surface area contributed by atoms with Gasteiger partial charge in [-0.25, -0.2) is 0 Å². The zero-order valence-corrected chi connectivity index (χ0v) is 15.7. The third-order valence-corrected chi connectivity index (χ3v) is 7.49. The summed E-state index contributed by atoms with van der Waals surface area (Å²) in [6, 6.07) is 1.30. The first-order chi connectivity index (χ1) is 8.18. The highest BCUT2D eigenvalue weighted by molar-refractivity contribution is 6.73. The van der Waals surface area contributed by atoms with Crippen LogP contribution in [0.5, 0.6) is 0 Å². The molecule has 108 valence electrons. The van der Waals surface area contributed by atoms with Crippen molar-refractivity contribution < 1.29 is 4.43 Å². The molecule has 1 fully saturated rings. The summed E-state index contributed by atoms with van der Waals surface area (Å²) in [4.78, 5) is 2.62. The highest BCUT2D eigenvalue weighted by Crippen LogP contribution is 2.13. The van der Waals surface area contributed by atoms with E-state index in [-0.39, 0.29) is 15.4 Å². The Hall–Kier alpha value is 0.314. The smallest absolute Gasteiger partial charge is 0.163 e. The molecule has 1 heterocycles. The van der Waals surface area contributed by atoms with Crippen LogP contribution in [0, 0.1) is 0 Å². The molecule has 0 aromatic carbocycles. The molecule has 0 amide bonds. The molecular formula is C13H32N2OSi2. The van der Waals surface area contributed by atoms with Crippen LogP contribution in [0.15, 0.2) is 0 Å². The molecule has 0 atom stereocenters. The predicted molar refractivity (Wildman–Crippen MR) is 85.5 cm³/mol. The SMILES string of the molecule is CC(C)(C)O[SiH2]CCN1CCN([Si](C)(C)C)CC1. The van der Waals surface area contributed by atoms with Crippen LogP contribution in [0.4, 0.5) is 0 Å². The summed E-state index contributed by atoms with van der Waals surface area (Å²) in [7, 11) is -1.38. The molecule has 0 bridgehead atoms. The van der Waals surface area contributed by atoms with Crippen molar-refractivity contribution >= 4 is 18.0 Å². The van der Waals surface area contributed by atoms with Gasteiger partial charge in [0, 0.05) is 31.8 Å². The molecular weight excluding hydrogens is 256 g/mol. The molecule has 1 rings (SSSR count). The fourth-order valence-electron chi connectivity index (χ4n) is 2.31. The third-order valence-electron chi connectivity index (χ3n) is 3.47. The van der Waals surface area contributed by atoms with E-state index in [2.05, 4.69) is 49.9 Å². The topological polar surface area (TPSA) is 15.7 Å². The van der Waals surface area contributed by atoms with Gasteiger partial charge in [-0.2, -0.15) is 0 Å². The fraction of sp³-hybridized carbons (Fsp3) is 1.00. The molecule has 18 heavy (non-hydrogen) atoms. The molecule has 1 aliphatic heterocycles. The Balaban J connectivity index is 2.13. The maximum atomic E-state index is 5.90. The minimum atomic E-state index is -1.06. The Morgan fingerprint density at radius 1 is 1.06 bits per heavy atom. The second-order valence-corrected chi connectivity index (χ2v) is 13.7. The highest BCUT2D eigenvalue weighted by Gasteiger charge is 2.27. The second-order valence-electron chi connectivity index (χ2n) is 7.31. The standard InChI is InChI=1S/C13H32N2OSi2/c1-13(2,3)16-17-12-11-14-7-9-15(10-8-14)18(4,5)6/h7-12,17H2,1-6H3. The zero-order valence-electron chi connectivity index (χ0n) is 13.3. The average Bonchev–Trinajstić information content (AvgIpc) is 2.22. The van der Waals surface area contributed by atoms with Crippen LogP contribution in [0.1, 0.15) is 20.8 Å². The maximum Gasteiger partial charge on any atom is 0.163 e. The van der Waals surface area contributed by atoms with Crippen LogP contribution >= 0.6 is 0 Å². The lowest BCUT2D eigenvalue weighted by Gasteiger charge is -2.41. The molecule has 0 aliphatic carbocycles. The normalized spacial score (nSPS) is 21.0. The summed E-state index contributed by atoms with van der Waals surface area (Å²) >= 11 is 0. The van der Waals surface area contributed by atoms with Gasteiger partial charge >= 0.3 is 0 Å². The Labute approximate surface area is 117 Å². The number of hydrogen-bond donors (Lipinski definition) is 0. The van der Waals surface area contributed by atoms with Crippen molar-refractivity contribution in [2.45, 2.75) is 52.1 Å². The van der Waals surface area contributed by atoms with Crippen LogP contribution < -0.4 is 0 Å². The molecule has 0 radical (unpaired) electrons. The minimum Gasteiger partial charge on any atom is -0.419 e. The predicted octanol–water partition coefficient (Wildman–Crippen LogP) is 1.76. The van der Waals surface area contributed by atoms with Gasteiger partial charge in [-0.1, -0.05) is 19.6 Å². The first kappa shape index (κ1) is 16.4. The summed E-state index contributed by atoms with van der Waals surface area (Å²) < 4.78 is 8.63. The van der Waals surface area contributed by atoms with Crippen LogP contribution in [-0.4, -0.2) is 65.8 Å². The molecule has 0 unspecified atom stereocenters. The fourth-order valence-corrected chi connectivity index (χ4v) is 5.18. The van der Waals surface area contributed by atoms with Crippen molar-refractivity contribution in [3.05, 3.63) is 0 Å². The molecule has 0 saturated carbocycles. The molecule has 0 spiro atoms. The lowest BCUT2D eigenvalue weighted by atomic mass is 10.2. The van der Waals surface area contributed by atoms with Crippen LogP contribution in [0.25, 0.3) is 0 Å². The first-order valence-corrected chi connectivity index (χ1v) is 12.3. The molecule has 0 aromatic rings. The van der Waals surface area contributed by atoms with E-state index in [1.54, 1.807) is 0 Å². The van der Waals surface area contributed by atoms with Gasteiger partial charge in [-0.05, 0) is 33.4 Å². The molecule has 1 aliphatic rings. The van der Waals surface area contributed by atoms with E-state index in [0.29, 0.717) is 0 Å². The van der Waals surface area contributed by atoms with Crippen molar-refractivity contribution in [2.75, 3.05) is 32.7 Å². The van der Waals surface area contributed by atoms with Crippen molar-refractivity contribution in [1.29, 1.82) is 0 Å². The zero-order chi connectivity index (χ0) is 13.8. The van der Waals surface area contributed by atoms with Gasteiger partial charge in [-0.15, -0.1) is 0 Å². The van der Waals surface area contributed by atoms with E-state index >= 15 is 0 Å². The van der Waals surface area contributed by atoms with Gasteiger partial charge in [-0.3, -0.25) is 0 Å². The highest BCUT2D eigenvalue weighted by atomic mass is 28.3. The van der Waals surface area contributed by atoms with E-state index < -0.39 is 8.24 Å². The summed E-state index contributed by atoms with van der Waals surface area (Å²) in [6.07, 6.45) is 0. The van der Waals surface area contributed by atoms with E-state index in [9.17, 15) is 0 Å². The summed E-state index contributed by atoms with van der Waals surface area (Å²) in [6.45, 7) is 20.2. The summed E-state index contributed by atoms with van der Waals surface area (Å²) in [5.41, 5.74) is 0.0722. The third kappa shape index (κ3) is 6.47. The molecule has 5 heteroatoms. The maximum absolute atomic E-state index is 5.90. The largest absolute Gasteiger partial charge is 0.419 e. The second kappa shape index (κ2) is 6.65. The van der Waals surface area contributed by atoms with Gasteiger partial charge in [0.2, 0.25) is 0 Å².